The highest BCUT2D eigenvalue weighted by molar-refractivity contribution is 7.95. The monoisotopic (exact) mass is 511 g/mol. The first-order chi connectivity index (χ1) is 15.2. The van der Waals surface area contributed by atoms with Crippen LogP contribution in [0, 0.1) is 11.3 Å². The number of hydrogen-bond donors (Lipinski definition) is 2. The molecular formula is C20H16ClF6N3O2S. The Hall–Kier alpha value is -2.91. The van der Waals surface area contributed by atoms with Gasteiger partial charge in [0.05, 0.1) is 16.0 Å². The van der Waals surface area contributed by atoms with E-state index < -0.39 is 49.7 Å². The largest absolute Gasteiger partial charge is 0.416 e. The van der Waals surface area contributed by atoms with Gasteiger partial charge in [-0.05, 0) is 48.9 Å². The Balaban J connectivity index is 2.69. The van der Waals surface area contributed by atoms with Gasteiger partial charge in [-0.3, -0.25) is 0 Å². The molecule has 0 unspecified atom stereocenters. The molecule has 5 nitrogen and oxygen atoms in total. The lowest BCUT2D eigenvalue weighted by Gasteiger charge is -2.18. The number of nitrogens with one attached hydrogen (secondary N) is 2. The molecule has 0 saturated heterocycles. The molecule has 178 valence electrons. The molecule has 2 rings (SSSR count). The predicted molar refractivity (Wildman–Crippen MR) is 110 cm³/mol. The van der Waals surface area contributed by atoms with Crippen LogP contribution in [0.2, 0.25) is 5.02 Å². The summed E-state index contributed by atoms with van der Waals surface area (Å²) in [6.45, 7) is 1.74. The fraction of sp³-hybridized carbons (Fsp3) is 0.250. The third-order valence-corrected chi connectivity index (χ3v) is 6.11. The molecule has 0 bridgehead atoms. The van der Waals surface area contributed by atoms with Crippen molar-refractivity contribution in [1.82, 2.24) is 5.32 Å². The van der Waals surface area contributed by atoms with Crippen LogP contribution in [0.4, 0.5) is 32.0 Å². The first kappa shape index (κ1) is 26.3. The van der Waals surface area contributed by atoms with E-state index >= 15 is 0 Å². The van der Waals surface area contributed by atoms with E-state index in [1.807, 2.05) is 0 Å². The molecule has 0 saturated carbocycles. The smallest absolute Gasteiger partial charge is 0.370 e. The van der Waals surface area contributed by atoms with E-state index in [1.54, 1.807) is 6.92 Å². The lowest BCUT2D eigenvalue weighted by atomic mass is 10.1. The average Bonchev–Trinajstić information content (AvgIpc) is 2.71. The zero-order valence-electron chi connectivity index (χ0n) is 16.8. The fourth-order valence-corrected chi connectivity index (χ4v) is 3.95. The first-order valence-corrected chi connectivity index (χ1v) is 11.0. The minimum absolute atomic E-state index is 0.0642. The summed E-state index contributed by atoms with van der Waals surface area (Å²) in [5, 5.41) is 14.5. The number of alkyl halides is 6. The lowest BCUT2D eigenvalue weighted by Crippen LogP contribution is -2.25. The van der Waals surface area contributed by atoms with Crippen molar-refractivity contribution in [1.29, 1.82) is 5.26 Å². The number of allylic oxidation sites excluding steroid dienone is 1. The van der Waals surface area contributed by atoms with E-state index in [-0.39, 0.29) is 22.5 Å². The average molecular weight is 512 g/mol. The second-order valence-electron chi connectivity index (χ2n) is 6.62. The number of hydrogen-bond acceptors (Lipinski definition) is 5. The van der Waals surface area contributed by atoms with Gasteiger partial charge in [0.2, 0.25) is 9.84 Å². The molecule has 0 amide bonds. The van der Waals surface area contributed by atoms with Gasteiger partial charge in [0.1, 0.15) is 11.9 Å². The topological polar surface area (TPSA) is 82.0 Å². The van der Waals surface area contributed by atoms with Crippen LogP contribution in [-0.4, -0.2) is 15.0 Å². The summed E-state index contributed by atoms with van der Waals surface area (Å²) in [6.07, 6.45) is -9.81. The standard InChI is InChI=1S/C20H16ClF6N3O2S/c1-2-7-29-18(17(11-28)33(31,32)16-5-3-14(21)4-6-16)30-15-9-12(19(22,23)24)8-13(10-15)20(25,26)27/h3-6,8-10,29-30H,2,7H2,1H3/b18-17+. The van der Waals surface area contributed by atoms with E-state index in [4.69, 9.17) is 11.6 Å². The van der Waals surface area contributed by atoms with Crippen LogP contribution >= 0.6 is 11.6 Å². The summed E-state index contributed by atoms with van der Waals surface area (Å²) in [5.41, 5.74) is -3.92. The minimum Gasteiger partial charge on any atom is -0.370 e. The second kappa shape index (κ2) is 9.93. The van der Waals surface area contributed by atoms with Crippen molar-refractivity contribution < 1.29 is 34.8 Å². The van der Waals surface area contributed by atoms with Crippen LogP contribution < -0.4 is 10.6 Å². The summed E-state index contributed by atoms with van der Waals surface area (Å²) >= 11 is 5.74. The molecule has 2 aromatic rings. The molecule has 13 heteroatoms. The molecule has 2 aromatic carbocycles. The predicted octanol–water partition coefficient (Wildman–Crippen LogP) is 5.96. The van der Waals surface area contributed by atoms with Crippen molar-refractivity contribution in [3.8, 4) is 6.07 Å². The molecule has 2 N–H and O–H groups in total. The van der Waals surface area contributed by atoms with Gasteiger partial charge in [-0.1, -0.05) is 18.5 Å². The maximum Gasteiger partial charge on any atom is 0.416 e. The third-order valence-electron chi connectivity index (χ3n) is 4.13. The summed E-state index contributed by atoms with van der Waals surface area (Å²) in [6, 6.07) is 6.88. The number of rotatable bonds is 7. The van der Waals surface area contributed by atoms with E-state index in [0.717, 1.165) is 12.1 Å². The molecule has 0 aromatic heterocycles. The normalized spacial score (nSPS) is 13.2. The molecule has 0 aliphatic rings. The molecule has 33 heavy (non-hydrogen) atoms. The molecule has 0 heterocycles. The Morgan fingerprint density at radius 1 is 1.00 bits per heavy atom. The first-order valence-electron chi connectivity index (χ1n) is 9.15. The third kappa shape index (κ3) is 6.55. The van der Waals surface area contributed by atoms with Gasteiger partial charge >= 0.3 is 12.4 Å². The van der Waals surface area contributed by atoms with Gasteiger partial charge < -0.3 is 10.6 Å². The Labute approximate surface area is 190 Å². The summed E-state index contributed by atoms with van der Waals surface area (Å²) < 4.78 is 105. The highest BCUT2D eigenvalue weighted by atomic mass is 35.5. The quantitative estimate of drug-likeness (QED) is 0.354. The van der Waals surface area contributed by atoms with Gasteiger partial charge in [-0.2, -0.15) is 31.6 Å². The van der Waals surface area contributed by atoms with Gasteiger partial charge in [0.25, 0.3) is 0 Å². The zero-order valence-corrected chi connectivity index (χ0v) is 18.3. The van der Waals surface area contributed by atoms with Crippen molar-refractivity contribution in [2.24, 2.45) is 0 Å². The zero-order chi connectivity index (χ0) is 25.0. The van der Waals surface area contributed by atoms with Crippen molar-refractivity contribution in [3.05, 3.63) is 69.3 Å². The van der Waals surface area contributed by atoms with E-state index in [2.05, 4.69) is 10.6 Å². The lowest BCUT2D eigenvalue weighted by molar-refractivity contribution is -0.143. The van der Waals surface area contributed by atoms with Crippen molar-refractivity contribution in [2.45, 2.75) is 30.6 Å². The summed E-state index contributed by atoms with van der Waals surface area (Å²) in [4.78, 5) is -1.27. The Kier molecular flexibility index (Phi) is 7.92. The maximum absolute atomic E-state index is 13.2. The molecular weight excluding hydrogens is 496 g/mol. The molecule has 0 aliphatic heterocycles. The fourth-order valence-electron chi connectivity index (χ4n) is 2.58. The van der Waals surface area contributed by atoms with Crippen molar-refractivity contribution in [3.63, 3.8) is 0 Å². The highest BCUT2D eigenvalue weighted by Crippen LogP contribution is 2.38. The molecule has 0 aliphatic carbocycles. The van der Waals surface area contributed by atoms with Crippen LogP contribution in [0.3, 0.4) is 0 Å². The number of halogens is 7. The van der Waals surface area contributed by atoms with Gasteiger partial charge in [0, 0.05) is 17.3 Å². The highest BCUT2D eigenvalue weighted by Gasteiger charge is 2.37. The second-order valence-corrected chi connectivity index (χ2v) is 8.94. The Bertz CT molecular complexity index is 1150. The number of nitrogens with zero attached hydrogens (tertiary/aromatic N) is 1. The van der Waals surface area contributed by atoms with Crippen LogP contribution in [-0.2, 0) is 22.2 Å². The molecule has 0 atom stereocenters. The minimum atomic E-state index is -5.11. The van der Waals surface area contributed by atoms with E-state index in [0.29, 0.717) is 18.6 Å². The van der Waals surface area contributed by atoms with Crippen LogP contribution in [0.15, 0.2) is 58.1 Å². The molecule has 0 fully saturated rings. The van der Waals surface area contributed by atoms with Gasteiger partial charge in [0.15, 0.2) is 4.91 Å². The number of benzene rings is 2. The van der Waals surface area contributed by atoms with Crippen LogP contribution in [0.5, 0.6) is 0 Å². The number of sulfone groups is 1. The maximum atomic E-state index is 13.2. The summed E-state index contributed by atoms with van der Waals surface area (Å²) in [5.74, 6) is -0.568. The van der Waals surface area contributed by atoms with Gasteiger partial charge in [-0.25, -0.2) is 8.42 Å². The van der Waals surface area contributed by atoms with E-state index in [9.17, 15) is 40.0 Å². The molecule has 0 spiro atoms. The van der Waals surface area contributed by atoms with Crippen molar-refractivity contribution >= 4 is 27.1 Å². The SMILES string of the molecule is CCCN/C(Nc1cc(C(F)(F)F)cc(C(F)(F)F)c1)=C(/C#N)S(=O)(=O)c1ccc(Cl)cc1. The summed E-state index contributed by atoms with van der Waals surface area (Å²) in [7, 11) is -4.50. The van der Waals surface area contributed by atoms with E-state index in [1.165, 1.54) is 18.2 Å². The van der Waals surface area contributed by atoms with Crippen LogP contribution in [0.25, 0.3) is 0 Å². The Morgan fingerprint density at radius 2 is 1.52 bits per heavy atom. The molecule has 0 radical (unpaired) electrons. The van der Waals surface area contributed by atoms with Crippen molar-refractivity contribution in [2.75, 3.05) is 11.9 Å². The van der Waals surface area contributed by atoms with Gasteiger partial charge in [-0.15, -0.1) is 0 Å². The Morgan fingerprint density at radius 3 is 1.94 bits per heavy atom. The number of anilines is 1. The van der Waals surface area contributed by atoms with Crippen LogP contribution in [0.1, 0.15) is 24.5 Å². The number of nitriles is 1.